The first-order valence-electron chi connectivity index (χ1n) is 5.82. The van der Waals surface area contributed by atoms with Crippen molar-refractivity contribution in [1.82, 2.24) is 0 Å². The molecule has 4 heteroatoms. The Hall–Kier alpha value is -0.870. The Balaban J connectivity index is 1.87. The summed E-state index contributed by atoms with van der Waals surface area (Å²) in [4.78, 5) is 10.9. The second-order valence-corrected chi connectivity index (χ2v) is 4.32. The van der Waals surface area contributed by atoms with E-state index in [0.717, 1.165) is 25.7 Å². The second-order valence-electron chi connectivity index (χ2n) is 4.32. The lowest BCUT2D eigenvalue weighted by atomic mass is 9.94. The van der Waals surface area contributed by atoms with E-state index in [1.165, 1.54) is 19.6 Å². The second kappa shape index (κ2) is 4.97. The Bertz CT molecular complexity index is 279. The number of hydrogen-bond acceptors (Lipinski definition) is 4. The molecule has 1 saturated carbocycles. The van der Waals surface area contributed by atoms with E-state index in [2.05, 4.69) is 4.74 Å². The summed E-state index contributed by atoms with van der Waals surface area (Å²) in [6, 6.07) is 0. The molecule has 1 aliphatic carbocycles. The van der Waals surface area contributed by atoms with Crippen molar-refractivity contribution in [3.63, 3.8) is 0 Å². The summed E-state index contributed by atoms with van der Waals surface area (Å²) in [6.07, 6.45) is 8.52. The van der Waals surface area contributed by atoms with Crippen molar-refractivity contribution in [1.29, 1.82) is 0 Å². The highest BCUT2D eigenvalue weighted by Gasteiger charge is 2.41. The summed E-state index contributed by atoms with van der Waals surface area (Å²) in [5.74, 6) is -0.725. The van der Waals surface area contributed by atoms with Gasteiger partial charge in [-0.05, 0) is 18.9 Å². The number of hydrogen-bond donors (Lipinski definition) is 0. The lowest BCUT2D eigenvalue weighted by Crippen LogP contribution is -2.33. The van der Waals surface area contributed by atoms with E-state index in [1.807, 2.05) is 0 Å². The third kappa shape index (κ3) is 2.62. The fraction of sp³-hybridized carbons (Fsp3) is 0.750. The van der Waals surface area contributed by atoms with E-state index >= 15 is 0 Å². The minimum Gasteiger partial charge on any atom is -0.466 e. The standard InChI is InChI=1S/C12H18O4/c1-14-11(13)6-5-10-9-15-12(16-10)7-3-2-4-8-12/h5-6,10H,2-4,7-9H2,1H3/b6-5+. The van der Waals surface area contributed by atoms with Crippen molar-refractivity contribution in [2.45, 2.75) is 44.0 Å². The average molecular weight is 226 g/mol. The third-order valence-corrected chi connectivity index (χ3v) is 3.14. The third-order valence-electron chi connectivity index (χ3n) is 3.14. The van der Waals surface area contributed by atoms with Crippen LogP contribution >= 0.6 is 0 Å². The summed E-state index contributed by atoms with van der Waals surface area (Å²) in [6.45, 7) is 0.535. The van der Waals surface area contributed by atoms with E-state index in [-0.39, 0.29) is 17.9 Å². The van der Waals surface area contributed by atoms with Gasteiger partial charge in [-0.3, -0.25) is 0 Å². The Kier molecular flexibility index (Phi) is 3.61. The van der Waals surface area contributed by atoms with Crippen molar-refractivity contribution in [2.24, 2.45) is 0 Å². The van der Waals surface area contributed by atoms with Gasteiger partial charge in [0, 0.05) is 18.9 Å². The molecule has 0 radical (unpaired) electrons. The maximum Gasteiger partial charge on any atom is 0.330 e. The van der Waals surface area contributed by atoms with Gasteiger partial charge >= 0.3 is 5.97 Å². The number of rotatable bonds is 2. The highest BCUT2D eigenvalue weighted by atomic mass is 16.7. The topological polar surface area (TPSA) is 44.8 Å². The zero-order chi connectivity index (χ0) is 11.4. The Morgan fingerprint density at radius 2 is 2.12 bits per heavy atom. The normalized spacial score (nSPS) is 28.7. The molecule has 90 valence electrons. The van der Waals surface area contributed by atoms with Crippen LogP contribution in [0.2, 0.25) is 0 Å². The minimum atomic E-state index is -0.372. The van der Waals surface area contributed by atoms with Crippen LogP contribution in [0.1, 0.15) is 32.1 Å². The number of methoxy groups -OCH3 is 1. The van der Waals surface area contributed by atoms with E-state index < -0.39 is 0 Å². The van der Waals surface area contributed by atoms with Gasteiger partial charge in [-0.15, -0.1) is 0 Å². The van der Waals surface area contributed by atoms with Crippen LogP contribution in [-0.2, 0) is 19.0 Å². The molecule has 0 aromatic rings. The molecule has 4 nitrogen and oxygen atoms in total. The first-order valence-corrected chi connectivity index (χ1v) is 5.82. The summed E-state index contributed by atoms with van der Waals surface area (Å²) in [5.41, 5.74) is 0. The van der Waals surface area contributed by atoms with E-state index in [9.17, 15) is 4.79 Å². The maximum absolute atomic E-state index is 10.9. The van der Waals surface area contributed by atoms with Crippen LogP contribution in [0.15, 0.2) is 12.2 Å². The van der Waals surface area contributed by atoms with Gasteiger partial charge in [0.15, 0.2) is 5.79 Å². The highest BCUT2D eigenvalue weighted by molar-refractivity contribution is 5.81. The molecule has 1 saturated heterocycles. The number of carbonyl (C=O) groups is 1. The van der Waals surface area contributed by atoms with Crippen LogP contribution in [0.4, 0.5) is 0 Å². The van der Waals surface area contributed by atoms with Crippen LogP contribution < -0.4 is 0 Å². The van der Waals surface area contributed by atoms with Gasteiger partial charge in [0.2, 0.25) is 0 Å². The van der Waals surface area contributed by atoms with E-state index in [4.69, 9.17) is 9.47 Å². The van der Waals surface area contributed by atoms with E-state index in [1.54, 1.807) is 6.08 Å². The molecule has 1 unspecified atom stereocenters. The van der Waals surface area contributed by atoms with Crippen molar-refractivity contribution >= 4 is 5.97 Å². The molecule has 2 rings (SSSR count). The summed E-state index contributed by atoms with van der Waals surface area (Å²) >= 11 is 0. The Morgan fingerprint density at radius 3 is 2.81 bits per heavy atom. The van der Waals surface area contributed by atoms with Crippen molar-refractivity contribution < 1.29 is 19.0 Å². The molecule has 0 bridgehead atoms. The number of carbonyl (C=O) groups excluding carboxylic acids is 1. The quantitative estimate of drug-likeness (QED) is 0.532. The van der Waals surface area contributed by atoms with Crippen LogP contribution in [0, 0.1) is 0 Å². The summed E-state index contributed by atoms with van der Waals surface area (Å²) < 4.78 is 16.1. The van der Waals surface area contributed by atoms with Crippen molar-refractivity contribution in [3.8, 4) is 0 Å². The predicted octanol–water partition coefficient (Wildman–Crippen LogP) is 1.79. The van der Waals surface area contributed by atoms with Crippen molar-refractivity contribution in [3.05, 3.63) is 12.2 Å². The van der Waals surface area contributed by atoms with Gasteiger partial charge < -0.3 is 14.2 Å². The Labute approximate surface area is 95.6 Å². The molecule has 2 aliphatic rings. The van der Waals surface area contributed by atoms with Gasteiger partial charge in [0.1, 0.15) is 6.10 Å². The Morgan fingerprint density at radius 1 is 1.38 bits per heavy atom. The summed E-state index contributed by atoms with van der Waals surface area (Å²) in [5, 5.41) is 0. The molecule has 1 heterocycles. The zero-order valence-electron chi connectivity index (χ0n) is 9.61. The zero-order valence-corrected chi connectivity index (χ0v) is 9.61. The molecule has 0 amide bonds. The minimum absolute atomic E-state index is 0.114. The molecular formula is C12H18O4. The van der Waals surface area contributed by atoms with Gasteiger partial charge in [-0.2, -0.15) is 0 Å². The predicted molar refractivity (Wildman–Crippen MR) is 57.8 cm³/mol. The molecule has 16 heavy (non-hydrogen) atoms. The fourth-order valence-electron chi connectivity index (χ4n) is 2.28. The molecule has 2 fully saturated rings. The molecular weight excluding hydrogens is 208 g/mol. The first-order chi connectivity index (χ1) is 7.74. The van der Waals surface area contributed by atoms with Crippen LogP contribution in [-0.4, -0.2) is 31.6 Å². The first kappa shape index (κ1) is 11.6. The van der Waals surface area contributed by atoms with Crippen LogP contribution in [0.3, 0.4) is 0 Å². The molecule has 0 aromatic heterocycles. The van der Waals surface area contributed by atoms with Crippen LogP contribution in [0.25, 0.3) is 0 Å². The van der Waals surface area contributed by atoms with Crippen LogP contribution in [0.5, 0.6) is 0 Å². The molecule has 0 aromatic carbocycles. The van der Waals surface area contributed by atoms with Gasteiger partial charge in [-0.25, -0.2) is 4.79 Å². The lowest BCUT2D eigenvalue weighted by Gasteiger charge is -2.31. The molecule has 1 atom stereocenters. The van der Waals surface area contributed by atoms with Gasteiger partial charge in [0.25, 0.3) is 0 Å². The largest absolute Gasteiger partial charge is 0.466 e. The van der Waals surface area contributed by atoms with Gasteiger partial charge in [-0.1, -0.05) is 6.42 Å². The lowest BCUT2D eigenvalue weighted by molar-refractivity contribution is -0.183. The summed E-state index contributed by atoms with van der Waals surface area (Å²) in [7, 11) is 1.36. The fourth-order valence-corrected chi connectivity index (χ4v) is 2.28. The molecule has 1 aliphatic heterocycles. The van der Waals surface area contributed by atoms with Crippen molar-refractivity contribution in [2.75, 3.05) is 13.7 Å². The number of ether oxygens (including phenoxy) is 3. The smallest absolute Gasteiger partial charge is 0.330 e. The van der Waals surface area contributed by atoms with Gasteiger partial charge in [0.05, 0.1) is 13.7 Å². The molecule has 1 spiro atoms. The highest BCUT2D eigenvalue weighted by Crippen LogP contribution is 2.37. The van der Waals surface area contributed by atoms with E-state index in [0.29, 0.717) is 6.61 Å². The average Bonchev–Trinajstić information content (AvgIpc) is 2.70. The monoisotopic (exact) mass is 226 g/mol. The number of esters is 1. The SMILES string of the molecule is COC(=O)/C=C/C1COC2(CCCCC2)O1. The molecule has 0 N–H and O–H groups in total. The maximum atomic E-state index is 10.9.